The smallest absolute Gasteiger partial charge is 0.243 e. The van der Waals surface area contributed by atoms with E-state index in [9.17, 15) is 33.6 Å². The number of nitrogens with zero attached hydrogens (tertiary/aromatic N) is 3. The van der Waals surface area contributed by atoms with Gasteiger partial charge >= 0.3 is 0 Å². The number of aromatic nitrogens is 4. The largest absolute Gasteiger partial charge is 0.370 e. The van der Waals surface area contributed by atoms with E-state index in [1.165, 1.54) is 24.3 Å². The number of aryl methyl sites for hydroxylation is 1. The van der Waals surface area contributed by atoms with Gasteiger partial charge in [0.25, 0.3) is 0 Å². The first-order valence-electron chi connectivity index (χ1n) is 25.8. The number of ketones is 1. The number of rotatable bonds is 16. The van der Waals surface area contributed by atoms with Crippen molar-refractivity contribution in [1.29, 1.82) is 0 Å². The van der Waals surface area contributed by atoms with Crippen LogP contribution in [0.4, 0.5) is 0 Å². The number of carbonyl (C=O) groups is 7. The number of imidazole rings is 1. The van der Waals surface area contributed by atoms with Gasteiger partial charge in [0.1, 0.15) is 24.2 Å². The number of nitrogens with two attached hydrogens (primary N) is 3. The van der Waals surface area contributed by atoms with Gasteiger partial charge in [0, 0.05) is 96.4 Å². The maximum atomic E-state index is 14.8. The van der Waals surface area contributed by atoms with Crippen LogP contribution in [0.5, 0.6) is 0 Å². The number of unbranched alkanes of at least 4 members (excludes halogenated alkanes) is 1. The molecule has 6 aromatic rings. The van der Waals surface area contributed by atoms with Crippen molar-refractivity contribution < 1.29 is 33.6 Å². The van der Waals surface area contributed by atoms with Gasteiger partial charge in [0.15, 0.2) is 11.7 Å². The number of aromatic amines is 2. The van der Waals surface area contributed by atoms with Crippen LogP contribution in [0.1, 0.15) is 75.6 Å². The Morgan fingerprint density at radius 1 is 0.789 bits per heavy atom. The summed E-state index contributed by atoms with van der Waals surface area (Å²) in [4.78, 5) is 116. The zero-order chi connectivity index (χ0) is 54.1. The minimum atomic E-state index is -1.31. The lowest BCUT2D eigenvalue weighted by Crippen LogP contribution is -2.60. The third-order valence-electron chi connectivity index (χ3n) is 13.7. The summed E-state index contributed by atoms with van der Waals surface area (Å²) in [5.41, 5.74) is 20.1. The molecule has 0 aliphatic carbocycles. The zero-order valence-corrected chi connectivity index (χ0v) is 43.7. The monoisotopic (exact) mass is 1060 g/mol. The first kappa shape index (κ1) is 55.8. The standard InChI is InChI=1S/C55H69N13O7S/c1-3-4-13-33(2)49(71)63-43-21-23-68-30-35-16-8-9-18-40(35)54(68)76-31-37(48(56)70)26-47(69)44(25-36-28-61-41-19-11-10-17-39(36)41)65-50(72)42(20-12-22-60-55(57)58)64-52(74)45(24-34-14-6-5-7-15-34)66-53(75)46(67-51(43)73)27-38-29-59-32-62-38/h5-11,14-19,28-30,32-33,37,42-46,61H,3-4,12-13,20-27,31H2,1-2H3,(H2,56,70)(H,59,62)(H,63,71)(H,64,74)(H,65,72)(H,66,75)(H,67,73)(H4,57,58,60)/t33-,37-,42-,43-,44-,45+,46-/m0/s1. The average molecular weight is 1060 g/mol. The number of amides is 6. The number of para-hydroxylation sites is 1. The zero-order valence-electron chi connectivity index (χ0n) is 42.9. The predicted molar refractivity (Wildman–Crippen MR) is 292 cm³/mol. The van der Waals surface area contributed by atoms with Crippen molar-refractivity contribution in [1.82, 2.24) is 46.1 Å². The molecule has 1 aliphatic rings. The molecule has 13 N–H and O–H groups in total. The number of Topliss-reactive ketones (excluding diaryl/α,β-unsaturated/α-hetero) is 1. The average Bonchev–Trinajstić information content (AvgIpc) is 4.17. The summed E-state index contributed by atoms with van der Waals surface area (Å²) < 4.78 is 1.95. The lowest BCUT2D eigenvalue weighted by molar-refractivity contribution is -0.135. The van der Waals surface area contributed by atoms with E-state index >= 15 is 0 Å². The van der Waals surface area contributed by atoms with Crippen LogP contribution in [-0.2, 0) is 59.4 Å². The Morgan fingerprint density at radius 3 is 2.18 bits per heavy atom. The Hall–Kier alpha value is -7.94. The molecule has 20 nitrogen and oxygen atoms in total. The van der Waals surface area contributed by atoms with Crippen LogP contribution in [0.15, 0.2) is 114 Å². The van der Waals surface area contributed by atoms with Crippen molar-refractivity contribution in [2.45, 2.75) is 120 Å². The summed E-state index contributed by atoms with van der Waals surface area (Å²) in [6.45, 7) is 4.15. The molecular weight excluding hydrogens is 987 g/mol. The van der Waals surface area contributed by atoms with Gasteiger partial charge in [-0.1, -0.05) is 99.5 Å². The SMILES string of the molecule is CCCC[C@H](C)C(=O)N[C@H]1CCn2cc3ccccc3c2SC[C@@H](C(N)=O)CC(=O)[C@H](Cc2c[nH]c3ccccc23)NC(=O)[C@H](CCCN=C(N)N)NC(=O)[C@@H](Cc2ccccc2)NC(=O)[C@H](Cc2cnc[nH]2)NC1=O. The predicted octanol–water partition coefficient (Wildman–Crippen LogP) is 3.43. The van der Waals surface area contributed by atoms with Gasteiger partial charge in [-0.15, -0.1) is 11.8 Å². The quantitative estimate of drug-likeness (QED) is 0.0380. The number of nitrogens with one attached hydrogen (secondary N) is 7. The highest BCUT2D eigenvalue weighted by Gasteiger charge is 2.35. The van der Waals surface area contributed by atoms with E-state index in [0.29, 0.717) is 17.7 Å². The Labute approximate surface area is 445 Å². The van der Waals surface area contributed by atoms with Crippen molar-refractivity contribution in [3.05, 3.63) is 121 Å². The number of benzene rings is 3. The molecule has 21 heteroatoms. The van der Waals surface area contributed by atoms with E-state index in [1.54, 1.807) is 37.4 Å². The van der Waals surface area contributed by atoms with Crippen LogP contribution in [0.3, 0.4) is 0 Å². The molecule has 0 saturated heterocycles. The van der Waals surface area contributed by atoms with Crippen LogP contribution in [0.2, 0.25) is 0 Å². The number of aliphatic imine (C=N–C) groups is 1. The van der Waals surface area contributed by atoms with E-state index in [0.717, 1.165) is 45.1 Å². The normalized spacial score (nSPS) is 20.9. The number of carbonyl (C=O) groups excluding carboxylic acids is 7. The third kappa shape index (κ3) is 15.3. The number of guanidine groups is 1. The molecular formula is C55H69N13O7S. The number of H-pyrrole nitrogens is 2. The molecule has 1 aliphatic heterocycles. The van der Waals surface area contributed by atoms with E-state index in [-0.39, 0.29) is 75.7 Å². The van der Waals surface area contributed by atoms with E-state index in [4.69, 9.17) is 17.2 Å². The number of hydrogen-bond acceptors (Lipinski definition) is 10. The third-order valence-corrected chi connectivity index (χ3v) is 15.0. The summed E-state index contributed by atoms with van der Waals surface area (Å²) in [5, 5.41) is 17.8. The molecule has 76 heavy (non-hydrogen) atoms. The molecule has 7 rings (SSSR count). The van der Waals surface area contributed by atoms with Crippen LogP contribution in [0.25, 0.3) is 21.7 Å². The Bertz CT molecular complexity index is 2990. The van der Waals surface area contributed by atoms with Gasteiger partial charge in [-0.3, -0.25) is 38.6 Å². The maximum absolute atomic E-state index is 14.8. The number of primary amides is 1. The second-order valence-corrected chi connectivity index (χ2v) is 20.4. The van der Waals surface area contributed by atoms with Crippen molar-refractivity contribution in [2.24, 2.45) is 34.0 Å². The Morgan fingerprint density at radius 2 is 1.46 bits per heavy atom. The molecule has 3 aromatic heterocycles. The molecule has 4 heterocycles. The molecule has 6 amide bonds. The highest BCUT2D eigenvalue weighted by molar-refractivity contribution is 7.99. The molecule has 0 spiro atoms. The van der Waals surface area contributed by atoms with E-state index < -0.39 is 77.4 Å². The Kier molecular flexibility index (Phi) is 19.8. The minimum Gasteiger partial charge on any atom is -0.370 e. The van der Waals surface area contributed by atoms with Gasteiger partial charge in [0.2, 0.25) is 35.4 Å². The van der Waals surface area contributed by atoms with Crippen molar-refractivity contribution in [3.63, 3.8) is 0 Å². The Balaban J connectivity index is 1.31. The summed E-state index contributed by atoms with van der Waals surface area (Å²) in [6.07, 6.45) is 8.84. The first-order valence-corrected chi connectivity index (χ1v) is 26.8. The van der Waals surface area contributed by atoms with Gasteiger partial charge < -0.3 is 58.3 Å². The van der Waals surface area contributed by atoms with Crippen LogP contribution in [0, 0.1) is 11.8 Å². The molecule has 402 valence electrons. The first-order chi connectivity index (χ1) is 36.7. The molecule has 7 atom stereocenters. The highest BCUT2D eigenvalue weighted by atomic mass is 32.2. The van der Waals surface area contributed by atoms with E-state index in [1.807, 2.05) is 72.3 Å². The molecule has 0 bridgehead atoms. The lowest BCUT2D eigenvalue weighted by Gasteiger charge is -2.28. The van der Waals surface area contributed by atoms with Crippen molar-refractivity contribution in [2.75, 3.05) is 12.3 Å². The second-order valence-electron chi connectivity index (χ2n) is 19.4. The fraction of sp³-hybridized carbons (Fsp3) is 0.400. The minimum absolute atomic E-state index is 0.00514. The topological polar surface area (TPSA) is 319 Å². The molecule has 0 radical (unpaired) electrons. The summed E-state index contributed by atoms with van der Waals surface area (Å²) in [7, 11) is 0. The van der Waals surface area contributed by atoms with Crippen molar-refractivity contribution >= 4 is 80.6 Å². The summed E-state index contributed by atoms with van der Waals surface area (Å²) in [6, 6.07) is 17.9. The highest BCUT2D eigenvalue weighted by Crippen LogP contribution is 2.33. The van der Waals surface area contributed by atoms with Crippen LogP contribution >= 0.6 is 11.8 Å². The fourth-order valence-electron chi connectivity index (χ4n) is 9.32. The summed E-state index contributed by atoms with van der Waals surface area (Å²) >= 11 is 1.32. The lowest BCUT2D eigenvalue weighted by atomic mass is 9.94. The fourth-order valence-corrected chi connectivity index (χ4v) is 10.6. The molecule has 0 saturated carbocycles. The summed E-state index contributed by atoms with van der Waals surface area (Å²) in [5.74, 6) is -5.82. The van der Waals surface area contributed by atoms with Crippen molar-refractivity contribution in [3.8, 4) is 0 Å². The van der Waals surface area contributed by atoms with Gasteiger partial charge in [-0.05, 0) is 42.9 Å². The van der Waals surface area contributed by atoms with Crippen LogP contribution < -0.4 is 43.8 Å². The van der Waals surface area contributed by atoms with Crippen LogP contribution in [-0.4, -0.2) is 109 Å². The van der Waals surface area contributed by atoms with Gasteiger partial charge in [-0.2, -0.15) is 0 Å². The van der Waals surface area contributed by atoms with Gasteiger partial charge in [-0.25, -0.2) is 4.98 Å². The van der Waals surface area contributed by atoms with Gasteiger partial charge in [0.05, 0.1) is 23.3 Å². The molecule has 0 fully saturated rings. The molecule has 3 aromatic carbocycles. The number of thioether (sulfide) groups is 1. The number of fused-ring (bicyclic) bond motifs is 4. The molecule has 0 unspecified atom stereocenters. The maximum Gasteiger partial charge on any atom is 0.243 e. The van der Waals surface area contributed by atoms with E-state index in [2.05, 4.69) is 46.5 Å². The number of hydrogen-bond donors (Lipinski definition) is 10. The second kappa shape index (κ2) is 27.0.